The van der Waals surface area contributed by atoms with Gasteiger partial charge in [0.05, 0.1) is 5.56 Å². The van der Waals surface area contributed by atoms with Crippen molar-refractivity contribution in [3.63, 3.8) is 0 Å². The predicted octanol–water partition coefficient (Wildman–Crippen LogP) is 2.09. The number of carboxylic acids is 1. The van der Waals surface area contributed by atoms with Crippen molar-refractivity contribution in [2.24, 2.45) is 0 Å². The van der Waals surface area contributed by atoms with Gasteiger partial charge < -0.3 is 14.6 Å². The summed E-state index contributed by atoms with van der Waals surface area (Å²) in [6, 6.07) is 1.70. The van der Waals surface area contributed by atoms with E-state index in [1.807, 2.05) is 13.1 Å². The molecule has 0 aliphatic rings. The number of aromatic carboxylic acids is 1. The van der Waals surface area contributed by atoms with Gasteiger partial charge in [-0.2, -0.15) is 0 Å². The fourth-order valence-corrected chi connectivity index (χ4v) is 2.09. The van der Waals surface area contributed by atoms with Crippen molar-refractivity contribution in [1.29, 1.82) is 0 Å². The van der Waals surface area contributed by atoms with E-state index < -0.39 is 5.97 Å². The van der Waals surface area contributed by atoms with Crippen LogP contribution in [0.4, 0.5) is 0 Å². The van der Waals surface area contributed by atoms with E-state index in [1.165, 1.54) is 0 Å². The van der Waals surface area contributed by atoms with Crippen LogP contribution in [0.2, 0.25) is 0 Å². The van der Waals surface area contributed by atoms with E-state index in [0.29, 0.717) is 5.56 Å². The first-order chi connectivity index (χ1) is 8.13. The largest absolute Gasteiger partial charge is 0.478 e. The lowest BCUT2D eigenvalue weighted by Crippen LogP contribution is -2.27. The third-order valence-electron chi connectivity index (χ3n) is 3.20. The Balaban J connectivity index is 2.74. The van der Waals surface area contributed by atoms with Crippen molar-refractivity contribution in [3.8, 4) is 0 Å². The molecule has 1 heterocycles. The van der Waals surface area contributed by atoms with Crippen LogP contribution in [-0.2, 0) is 13.0 Å². The molecule has 4 heteroatoms. The number of rotatable bonds is 7. The van der Waals surface area contributed by atoms with Crippen LogP contribution in [0.1, 0.15) is 36.8 Å². The zero-order valence-corrected chi connectivity index (χ0v) is 10.9. The number of likely N-dealkylation sites (N-methyl/N-ethyl adjacent to an activating group) is 1. The van der Waals surface area contributed by atoms with E-state index in [0.717, 1.165) is 38.3 Å². The lowest BCUT2D eigenvalue weighted by Gasteiger charge is -2.19. The molecule has 0 fully saturated rings. The summed E-state index contributed by atoms with van der Waals surface area (Å²) in [7, 11) is 0. The SMILES string of the molecule is CCc1c(C(=O)O)ccn1CCN(CC)CC. The molecular weight excluding hydrogens is 216 g/mol. The Morgan fingerprint density at radius 3 is 2.47 bits per heavy atom. The van der Waals surface area contributed by atoms with E-state index >= 15 is 0 Å². The van der Waals surface area contributed by atoms with Crippen molar-refractivity contribution in [2.75, 3.05) is 19.6 Å². The summed E-state index contributed by atoms with van der Waals surface area (Å²) in [6.07, 6.45) is 2.64. The van der Waals surface area contributed by atoms with E-state index in [1.54, 1.807) is 6.07 Å². The monoisotopic (exact) mass is 238 g/mol. The molecule has 0 amide bonds. The summed E-state index contributed by atoms with van der Waals surface area (Å²) >= 11 is 0. The minimum absolute atomic E-state index is 0.437. The second-order valence-electron chi connectivity index (χ2n) is 4.06. The first kappa shape index (κ1) is 13.8. The molecule has 0 bridgehead atoms. The Hall–Kier alpha value is -1.29. The maximum Gasteiger partial charge on any atom is 0.337 e. The standard InChI is InChI=1S/C13H22N2O2/c1-4-12-11(13(16)17)7-8-15(12)10-9-14(5-2)6-3/h7-8H,4-6,9-10H2,1-3H3,(H,16,17). The van der Waals surface area contributed by atoms with Crippen LogP contribution in [-0.4, -0.2) is 40.2 Å². The second-order valence-corrected chi connectivity index (χ2v) is 4.06. The number of nitrogens with zero attached hydrogens (tertiary/aromatic N) is 2. The molecule has 1 aromatic heterocycles. The lowest BCUT2D eigenvalue weighted by molar-refractivity contribution is 0.0695. The van der Waals surface area contributed by atoms with Crippen molar-refractivity contribution in [1.82, 2.24) is 9.47 Å². The number of hydrogen-bond donors (Lipinski definition) is 1. The third-order valence-corrected chi connectivity index (χ3v) is 3.20. The van der Waals surface area contributed by atoms with E-state index in [2.05, 4.69) is 23.3 Å². The molecule has 0 saturated heterocycles. The quantitative estimate of drug-likeness (QED) is 0.791. The van der Waals surface area contributed by atoms with Crippen LogP contribution in [0.3, 0.4) is 0 Å². The molecule has 1 aromatic rings. The molecule has 0 atom stereocenters. The Kier molecular flexibility index (Phi) is 5.22. The molecule has 4 nitrogen and oxygen atoms in total. The molecule has 0 aliphatic carbocycles. The van der Waals surface area contributed by atoms with Crippen molar-refractivity contribution >= 4 is 5.97 Å². The molecule has 17 heavy (non-hydrogen) atoms. The average molecular weight is 238 g/mol. The van der Waals surface area contributed by atoms with Gasteiger partial charge in [0.1, 0.15) is 0 Å². The summed E-state index contributed by atoms with van der Waals surface area (Å²) in [5.74, 6) is -0.830. The van der Waals surface area contributed by atoms with Gasteiger partial charge in [-0.3, -0.25) is 0 Å². The van der Waals surface area contributed by atoms with Crippen molar-refractivity contribution < 1.29 is 9.90 Å². The van der Waals surface area contributed by atoms with Crippen LogP contribution in [0.25, 0.3) is 0 Å². The second kappa shape index (κ2) is 6.45. The first-order valence-electron chi connectivity index (χ1n) is 6.27. The highest BCUT2D eigenvalue weighted by Crippen LogP contribution is 2.12. The molecule has 96 valence electrons. The Morgan fingerprint density at radius 2 is 2.00 bits per heavy atom. The smallest absolute Gasteiger partial charge is 0.337 e. The van der Waals surface area contributed by atoms with E-state index in [-0.39, 0.29) is 0 Å². The summed E-state index contributed by atoms with van der Waals surface area (Å²) in [5.41, 5.74) is 1.36. The molecule has 0 radical (unpaired) electrons. The van der Waals surface area contributed by atoms with Crippen LogP contribution in [0.5, 0.6) is 0 Å². The number of carbonyl (C=O) groups is 1. The lowest BCUT2D eigenvalue weighted by atomic mass is 10.2. The zero-order valence-electron chi connectivity index (χ0n) is 10.9. The average Bonchev–Trinajstić information content (AvgIpc) is 2.73. The van der Waals surface area contributed by atoms with Gasteiger partial charge in [-0.05, 0) is 25.6 Å². The fraction of sp³-hybridized carbons (Fsp3) is 0.615. The highest BCUT2D eigenvalue weighted by Gasteiger charge is 2.13. The number of aromatic nitrogens is 1. The zero-order chi connectivity index (χ0) is 12.8. The van der Waals surface area contributed by atoms with Crippen molar-refractivity contribution in [2.45, 2.75) is 33.7 Å². The minimum atomic E-state index is -0.830. The Morgan fingerprint density at radius 1 is 1.35 bits per heavy atom. The summed E-state index contributed by atoms with van der Waals surface area (Å²) in [6.45, 7) is 10.2. The van der Waals surface area contributed by atoms with Gasteiger partial charge >= 0.3 is 5.97 Å². The van der Waals surface area contributed by atoms with Gasteiger partial charge in [0, 0.05) is 25.0 Å². The molecule has 0 unspecified atom stereocenters. The molecule has 0 saturated carbocycles. The van der Waals surface area contributed by atoms with Crippen LogP contribution in [0, 0.1) is 0 Å². The van der Waals surface area contributed by atoms with Gasteiger partial charge in [-0.1, -0.05) is 20.8 Å². The minimum Gasteiger partial charge on any atom is -0.478 e. The van der Waals surface area contributed by atoms with E-state index in [9.17, 15) is 4.79 Å². The summed E-state index contributed by atoms with van der Waals surface area (Å²) in [5, 5.41) is 9.06. The first-order valence-corrected chi connectivity index (χ1v) is 6.27. The third kappa shape index (κ3) is 3.33. The molecular formula is C13H22N2O2. The number of carboxylic acid groups (broad SMARTS) is 1. The molecule has 0 aromatic carbocycles. The maximum atomic E-state index is 11.0. The number of hydrogen-bond acceptors (Lipinski definition) is 2. The normalized spacial score (nSPS) is 11.1. The highest BCUT2D eigenvalue weighted by molar-refractivity contribution is 5.89. The summed E-state index contributed by atoms with van der Waals surface area (Å²) in [4.78, 5) is 13.4. The van der Waals surface area contributed by atoms with Gasteiger partial charge in [0.15, 0.2) is 0 Å². The van der Waals surface area contributed by atoms with Crippen molar-refractivity contribution in [3.05, 3.63) is 23.5 Å². The maximum absolute atomic E-state index is 11.0. The molecule has 0 spiro atoms. The van der Waals surface area contributed by atoms with Crippen LogP contribution < -0.4 is 0 Å². The van der Waals surface area contributed by atoms with Crippen LogP contribution in [0.15, 0.2) is 12.3 Å². The highest BCUT2D eigenvalue weighted by atomic mass is 16.4. The molecule has 0 aliphatic heterocycles. The Labute approximate surface area is 103 Å². The van der Waals surface area contributed by atoms with Gasteiger partial charge in [0.25, 0.3) is 0 Å². The Bertz CT molecular complexity index is 367. The van der Waals surface area contributed by atoms with E-state index in [4.69, 9.17) is 5.11 Å². The van der Waals surface area contributed by atoms with Gasteiger partial charge in [-0.25, -0.2) is 4.79 Å². The predicted molar refractivity (Wildman–Crippen MR) is 68.6 cm³/mol. The molecule has 1 N–H and O–H groups in total. The van der Waals surface area contributed by atoms with Gasteiger partial charge in [-0.15, -0.1) is 0 Å². The topological polar surface area (TPSA) is 45.5 Å². The fourth-order valence-electron chi connectivity index (χ4n) is 2.09. The van der Waals surface area contributed by atoms with Gasteiger partial charge in [0.2, 0.25) is 0 Å². The summed E-state index contributed by atoms with van der Waals surface area (Å²) < 4.78 is 2.06. The van der Waals surface area contributed by atoms with Crippen LogP contribution >= 0.6 is 0 Å². The molecule has 1 rings (SSSR count).